The van der Waals surface area contributed by atoms with Crippen molar-refractivity contribution >= 4 is 27.4 Å². The Hall–Kier alpha value is -2.94. The minimum atomic E-state index is -3.85. The molecule has 0 radical (unpaired) electrons. The maximum absolute atomic E-state index is 12.7. The molecule has 0 saturated heterocycles. The molecule has 27 heavy (non-hydrogen) atoms. The van der Waals surface area contributed by atoms with Gasteiger partial charge in [0.2, 0.25) is 0 Å². The fourth-order valence-electron chi connectivity index (χ4n) is 2.27. The number of hydrogen-bond donors (Lipinski definition) is 3. The van der Waals surface area contributed by atoms with E-state index in [0.717, 1.165) is 0 Å². The molecular formula is C18H23N3O5S. The monoisotopic (exact) mass is 393 g/mol. The van der Waals surface area contributed by atoms with Gasteiger partial charge in [0.15, 0.2) is 11.5 Å². The molecule has 0 fully saturated rings. The van der Waals surface area contributed by atoms with Gasteiger partial charge in [0.05, 0.1) is 23.8 Å². The molecule has 9 heteroatoms. The number of carbonyl (C=O) groups excluding carboxylic acids is 1. The average molecular weight is 393 g/mol. The summed E-state index contributed by atoms with van der Waals surface area (Å²) in [5.74, 6) is 0.840. The van der Waals surface area contributed by atoms with E-state index in [-0.39, 0.29) is 4.90 Å². The lowest BCUT2D eigenvalue weighted by Crippen LogP contribution is -2.24. The Morgan fingerprint density at radius 1 is 0.963 bits per heavy atom. The van der Waals surface area contributed by atoms with Gasteiger partial charge in [-0.15, -0.1) is 0 Å². The SMILES string of the molecule is CCOc1ccc(S(=O)(=O)Nc2cccc(NC(=O)NC)c2)cc1OCC. The number of anilines is 2. The van der Waals surface area contributed by atoms with Crippen molar-refractivity contribution < 1.29 is 22.7 Å². The predicted molar refractivity (Wildman–Crippen MR) is 104 cm³/mol. The van der Waals surface area contributed by atoms with Crippen LogP contribution in [0, 0.1) is 0 Å². The standard InChI is InChI=1S/C18H23N3O5S/c1-4-25-16-10-9-15(12-17(16)26-5-2)27(23,24)21-14-8-6-7-13(11-14)20-18(22)19-3/h6-12,21H,4-5H2,1-3H3,(H2,19,20,22). The third-order valence-corrected chi connectivity index (χ3v) is 4.80. The van der Waals surface area contributed by atoms with Crippen LogP contribution in [0.1, 0.15) is 13.8 Å². The van der Waals surface area contributed by atoms with Crippen LogP contribution < -0.4 is 24.8 Å². The van der Waals surface area contributed by atoms with Crippen LogP contribution in [0.15, 0.2) is 47.4 Å². The number of amides is 2. The van der Waals surface area contributed by atoms with Gasteiger partial charge in [-0.1, -0.05) is 6.07 Å². The van der Waals surface area contributed by atoms with E-state index in [9.17, 15) is 13.2 Å². The zero-order chi connectivity index (χ0) is 19.9. The van der Waals surface area contributed by atoms with Crippen LogP contribution in [-0.2, 0) is 10.0 Å². The molecule has 146 valence electrons. The molecule has 0 heterocycles. The molecule has 3 N–H and O–H groups in total. The van der Waals surface area contributed by atoms with Crippen molar-refractivity contribution in [3.8, 4) is 11.5 Å². The van der Waals surface area contributed by atoms with Crippen LogP contribution in [0.25, 0.3) is 0 Å². The van der Waals surface area contributed by atoms with E-state index >= 15 is 0 Å². The number of carbonyl (C=O) groups is 1. The molecule has 0 aliphatic carbocycles. The highest BCUT2D eigenvalue weighted by Crippen LogP contribution is 2.31. The second-order valence-corrected chi connectivity index (χ2v) is 7.05. The first kappa shape index (κ1) is 20.4. The van der Waals surface area contributed by atoms with Crippen LogP contribution in [-0.4, -0.2) is 34.7 Å². The Morgan fingerprint density at radius 2 is 1.63 bits per heavy atom. The molecule has 0 aliphatic rings. The van der Waals surface area contributed by atoms with E-state index in [1.54, 1.807) is 31.2 Å². The van der Waals surface area contributed by atoms with Crippen molar-refractivity contribution in [2.75, 3.05) is 30.3 Å². The first-order valence-electron chi connectivity index (χ1n) is 8.40. The largest absolute Gasteiger partial charge is 0.490 e. The minimum Gasteiger partial charge on any atom is -0.490 e. The molecule has 0 bridgehead atoms. The second kappa shape index (κ2) is 9.13. The zero-order valence-corrected chi connectivity index (χ0v) is 16.2. The summed E-state index contributed by atoms with van der Waals surface area (Å²) in [4.78, 5) is 11.4. The van der Waals surface area contributed by atoms with Gasteiger partial charge in [0.1, 0.15) is 0 Å². The van der Waals surface area contributed by atoms with E-state index in [1.807, 2.05) is 6.92 Å². The smallest absolute Gasteiger partial charge is 0.318 e. The van der Waals surface area contributed by atoms with Crippen molar-refractivity contribution in [2.24, 2.45) is 0 Å². The Bertz CT molecular complexity index is 900. The zero-order valence-electron chi connectivity index (χ0n) is 15.4. The van der Waals surface area contributed by atoms with Gasteiger partial charge in [-0.3, -0.25) is 4.72 Å². The van der Waals surface area contributed by atoms with Crippen molar-refractivity contribution in [1.82, 2.24) is 5.32 Å². The molecule has 0 aliphatic heterocycles. The highest BCUT2D eigenvalue weighted by atomic mass is 32.2. The summed E-state index contributed by atoms with van der Waals surface area (Å²) in [6.07, 6.45) is 0. The summed E-state index contributed by atoms with van der Waals surface area (Å²) in [6, 6.07) is 10.4. The summed E-state index contributed by atoms with van der Waals surface area (Å²) in [5, 5.41) is 5.01. The van der Waals surface area contributed by atoms with Crippen molar-refractivity contribution in [3.05, 3.63) is 42.5 Å². The second-order valence-electron chi connectivity index (χ2n) is 5.36. The van der Waals surface area contributed by atoms with E-state index in [1.165, 1.54) is 25.2 Å². The molecule has 0 aromatic heterocycles. The number of benzene rings is 2. The van der Waals surface area contributed by atoms with Gasteiger partial charge in [0.25, 0.3) is 10.0 Å². The van der Waals surface area contributed by atoms with Gasteiger partial charge >= 0.3 is 6.03 Å². The lowest BCUT2D eigenvalue weighted by molar-refractivity contribution is 0.254. The number of ether oxygens (including phenoxy) is 2. The summed E-state index contributed by atoms with van der Waals surface area (Å²) < 4.78 is 38.8. The van der Waals surface area contributed by atoms with E-state index < -0.39 is 16.1 Å². The van der Waals surface area contributed by atoms with Crippen LogP contribution >= 0.6 is 0 Å². The lowest BCUT2D eigenvalue weighted by atomic mass is 10.3. The molecule has 2 rings (SSSR count). The highest BCUT2D eigenvalue weighted by Gasteiger charge is 2.18. The third-order valence-electron chi connectivity index (χ3n) is 3.42. The van der Waals surface area contributed by atoms with Gasteiger partial charge in [-0.05, 0) is 44.2 Å². The summed E-state index contributed by atoms with van der Waals surface area (Å²) >= 11 is 0. The fourth-order valence-corrected chi connectivity index (χ4v) is 3.33. The fraction of sp³-hybridized carbons (Fsp3) is 0.278. The quantitative estimate of drug-likeness (QED) is 0.639. The molecule has 0 atom stereocenters. The number of hydrogen-bond acceptors (Lipinski definition) is 5. The van der Waals surface area contributed by atoms with Crippen LogP contribution in [0.4, 0.5) is 16.2 Å². The van der Waals surface area contributed by atoms with E-state index in [0.29, 0.717) is 36.1 Å². The molecule has 8 nitrogen and oxygen atoms in total. The summed E-state index contributed by atoms with van der Waals surface area (Å²) in [7, 11) is -2.36. The molecule has 0 saturated carbocycles. The molecule has 2 aromatic carbocycles. The third kappa shape index (κ3) is 5.52. The first-order valence-corrected chi connectivity index (χ1v) is 9.89. The van der Waals surface area contributed by atoms with Gasteiger partial charge in [-0.25, -0.2) is 13.2 Å². The van der Waals surface area contributed by atoms with E-state index in [2.05, 4.69) is 15.4 Å². The van der Waals surface area contributed by atoms with Crippen LogP contribution in [0.3, 0.4) is 0 Å². The Balaban J connectivity index is 2.27. The number of nitrogens with one attached hydrogen (secondary N) is 3. The van der Waals surface area contributed by atoms with Crippen LogP contribution in [0.5, 0.6) is 11.5 Å². The normalized spacial score (nSPS) is 10.8. The molecular weight excluding hydrogens is 370 g/mol. The maximum atomic E-state index is 12.7. The van der Waals surface area contributed by atoms with Gasteiger partial charge in [0, 0.05) is 18.8 Å². The number of sulfonamides is 1. The Morgan fingerprint density at radius 3 is 2.30 bits per heavy atom. The maximum Gasteiger partial charge on any atom is 0.318 e. The van der Waals surface area contributed by atoms with Crippen molar-refractivity contribution in [1.29, 1.82) is 0 Å². The highest BCUT2D eigenvalue weighted by molar-refractivity contribution is 7.92. The molecule has 0 spiro atoms. The summed E-state index contributed by atoms with van der Waals surface area (Å²) in [5.41, 5.74) is 0.770. The van der Waals surface area contributed by atoms with Crippen molar-refractivity contribution in [2.45, 2.75) is 18.7 Å². The van der Waals surface area contributed by atoms with Gasteiger partial charge in [-0.2, -0.15) is 0 Å². The average Bonchev–Trinajstić information content (AvgIpc) is 2.63. The molecule has 2 amide bonds. The van der Waals surface area contributed by atoms with Crippen molar-refractivity contribution in [3.63, 3.8) is 0 Å². The first-order chi connectivity index (χ1) is 12.9. The predicted octanol–water partition coefficient (Wildman–Crippen LogP) is 3.04. The number of rotatable bonds is 8. The Labute approximate surface area is 158 Å². The van der Waals surface area contributed by atoms with Gasteiger partial charge < -0.3 is 20.1 Å². The Kier molecular flexibility index (Phi) is 6.89. The molecule has 2 aromatic rings. The minimum absolute atomic E-state index is 0.0408. The topological polar surface area (TPSA) is 106 Å². The van der Waals surface area contributed by atoms with E-state index in [4.69, 9.17) is 9.47 Å². The van der Waals surface area contributed by atoms with Crippen LogP contribution in [0.2, 0.25) is 0 Å². The summed E-state index contributed by atoms with van der Waals surface area (Å²) in [6.45, 7) is 4.46. The molecule has 0 unspecified atom stereocenters. The lowest BCUT2D eigenvalue weighted by Gasteiger charge is -2.14. The number of urea groups is 1.